The third-order valence-electron chi connectivity index (χ3n) is 4.76. The van der Waals surface area contributed by atoms with Crippen molar-refractivity contribution in [2.45, 2.75) is 32.1 Å². The number of anilines is 2. The van der Waals surface area contributed by atoms with Crippen molar-refractivity contribution < 1.29 is 4.74 Å². The predicted molar refractivity (Wildman–Crippen MR) is 80.3 cm³/mol. The van der Waals surface area contributed by atoms with Gasteiger partial charge in [-0.15, -0.1) is 0 Å². The first kappa shape index (κ1) is 12.6. The number of nitrogens with one attached hydrogen (secondary N) is 1. The topological polar surface area (TPSA) is 24.5 Å². The lowest BCUT2D eigenvalue weighted by Crippen LogP contribution is -2.40. The third-order valence-corrected chi connectivity index (χ3v) is 4.76. The standard InChI is InChI=1S/C16H24N2O/c1-18-12-16(9-4-3-5-10-16)11-17-15-13(18)7-6-8-14(15)19-2/h6-8,17H,3-5,9-12H2,1-2H3. The molecule has 1 spiro atoms. The number of benzene rings is 1. The van der Waals surface area contributed by atoms with E-state index in [4.69, 9.17) is 4.74 Å². The summed E-state index contributed by atoms with van der Waals surface area (Å²) in [6.07, 6.45) is 6.86. The van der Waals surface area contributed by atoms with E-state index < -0.39 is 0 Å². The molecule has 3 nitrogen and oxygen atoms in total. The fourth-order valence-electron chi connectivity index (χ4n) is 3.74. The minimum Gasteiger partial charge on any atom is -0.495 e. The first-order valence-corrected chi connectivity index (χ1v) is 7.36. The summed E-state index contributed by atoms with van der Waals surface area (Å²) in [4.78, 5) is 2.41. The van der Waals surface area contributed by atoms with Crippen LogP contribution < -0.4 is 15.0 Å². The molecule has 1 aromatic rings. The highest BCUT2D eigenvalue weighted by molar-refractivity contribution is 5.77. The van der Waals surface area contributed by atoms with Crippen LogP contribution in [0.2, 0.25) is 0 Å². The molecule has 0 unspecified atom stereocenters. The molecule has 0 bridgehead atoms. The van der Waals surface area contributed by atoms with Crippen LogP contribution in [-0.4, -0.2) is 27.2 Å². The molecular weight excluding hydrogens is 236 g/mol. The predicted octanol–water partition coefficient (Wildman–Crippen LogP) is 3.51. The van der Waals surface area contributed by atoms with Crippen molar-refractivity contribution in [3.05, 3.63) is 18.2 Å². The second kappa shape index (κ2) is 4.95. The van der Waals surface area contributed by atoms with E-state index in [9.17, 15) is 0 Å². The molecule has 2 aliphatic rings. The monoisotopic (exact) mass is 260 g/mol. The zero-order valence-corrected chi connectivity index (χ0v) is 12.0. The van der Waals surface area contributed by atoms with Gasteiger partial charge in [0.15, 0.2) is 0 Å². The van der Waals surface area contributed by atoms with Crippen molar-refractivity contribution in [1.82, 2.24) is 0 Å². The fraction of sp³-hybridized carbons (Fsp3) is 0.625. The van der Waals surface area contributed by atoms with Gasteiger partial charge in [-0.25, -0.2) is 0 Å². The second-order valence-electron chi connectivity index (χ2n) is 6.12. The largest absolute Gasteiger partial charge is 0.495 e. The van der Waals surface area contributed by atoms with Gasteiger partial charge in [-0.2, -0.15) is 0 Å². The van der Waals surface area contributed by atoms with E-state index in [2.05, 4.69) is 29.4 Å². The van der Waals surface area contributed by atoms with Gasteiger partial charge in [-0.1, -0.05) is 25.3 Å². The molecule has 3 heteroatoms. The molecule has 104 valence electrons. The highest BCUT2D eigenvalue weighted by atomic mass is 16.5. The number of para-hydroxylation sites is 1. The van der Waals surface area contributed by atoms with Gasteiger partial charge in [0.25, 0.3) is 0 Å². The third kappa shape index (κ3) is 2.26. The Kier molecular flexibility index (Phi) is 3.29. The number of hydrogen-bond acceptors (Lipinski definition) is 3. The molecule has 3 rings (SSSR count). The van der Waals surface area contributed by atoms with Crippen molar-refractivity contribution in [3.63, 3.8) is 0 Å². The Morgan fingerprint density at radius 2 is 2.00 bits per heavy atom. The molecule has 1 heterocycles. The van der Waals surface area contributed by atoms with Gasteiger partial charge in [0, 0.05) is 25.6 Å². The summed E-state index contributed by atoms with van der Waals surface area (Å²) in [6.45, 7) is 2.23. The highest BCUT2D eigenvalue weighted by Gasteiger charge is 2.36. The number of methoxy groups -OCH3 is 1. The lowest BCUT2D eigenvalue weighted by Gasteiger charge is -2.38. The van der Waals surface area contributed by atoms with Crippen LogP contribution in [0.3, 0.4) is 0 Å². The van der Waals surface area contributed by atoms with Gasteiger partial charge in [0.2, 0.25) is 0 Å². The van der Waals surface area contributed by atoms with Crippen LogP contribution >= 0.6 is 0 Å². The Morgan fingerprint density at radius 3 is 2.74 bits per heavy atom. The Morgan fingerprint density at radius 1 is 1.21 bits per heavy atom. The molecule has 1 aliphatic carbocycles. The van der Waals surface area contributed by atoms with Crippen molar-refractivity contribution in [2.75, 3.05) is 37.5 Å². The van der Waals surface area contributed by atoms with E-state index in [1.165, 1.54) is 37.8 Å². The summed E-state index contributed by atoms with van der Waals surface area (Å²) in [5, 5.41) is 3.67. The minimum absolute atomic E-state index is 0.441. The Labute approximate surface area is 115 Å². The van der Waals surface area contributed by atoms with Crippen LogP contribution in [0, 0.1) is 5.41 Å². The minimum atomic E-state index is 0.441. The number of fused-ring (bicyclic) bond motifs is 1. The van der Waals surface area contributed by atoms with Gasteiger partial charge in [-0.05, 0) is 25.0 Å². The van der Waals surface area contributed by atoms with E-state index in [1.54, 1.807) is 7.11 Å². The summed E-state index contributed by atoms with van der Waals surface area (Å²) in [7, 11) is 3.96. The lowest BCUT2D eigenvalue weighted by molar-refractivity contribution is 0.215. The quantitative estimate of drug-likeness (QED) is 0.836. The fourth-order valence-corrected chi connectivity index (χ4v) is 3.74. The first-order chi connectivity index (χ1) is 9.24. The van der Waals surface area contributed by atoms with Crippen molar-refractivity contribution >= 4 is 11.4 Å². The Hall–Kier alpha value is -1.38. The summed E-state index contributed by atoms with van der Waals surface area (Å²) in [5.74, 6) is 0.956. The zero-order chi connectivity index (χ0) is 13.3. The molecule has 0 amide bonds. The summed E-state index contributed by atoms with van der Waals surface area (Å²) in [6, 6.07) is 6.31. The molecule has 1 fully saturated rings. The molecular formula is C16H24N2O. The average Bonchev–Trinajstić information content (AvgIpc) is 2.58. The van der Waals surface area contributed by atoms with Gasteiger partial charge < -0.3 is 15.0 Å². The highest BCUT2D eigenvalue weighted by Crippen LogP contribution is 2.44. The Balaban J connectivity index is 1.93. The van der Waals surface area contributed by atoms with Crippen LogP contribution in [0.4, 0.5) is 11.4 Å². The van der Waals surface area contributed by atoms with Gasteiger partial charge >= 0.3 is 0 Å². The van der Waals surface area contributed by atoms with Crippen molar-refractivity contribution in [3.8, 4) is 5.75 Å². The molecule has 0 atom stereocenters. The summed E-state index contributed by atoms with van der Waals surface area (Å²) in [5.41, 5.74) is 2.87. The van der Waals surface area contributed by atoms with Crippen LogP contribution in [-0.2, 0) is 0 Å². The number of rotatable bonds is 1. The smallest absolute Gasteiger partial charge is 0.144 e. The van der Waals surface area contributed by atoms with Crippen LogP contribution in [0.1, 0.15) is 32.1 Å². The first-order valence-electron chi connectivity index (χ1n) is 7.36. The van der Waals surface area contributed by atoms with Crippen LogP contribution in [0.25, 0.3) is 0 Å². The van der Waals surface area contributed by atoms with Crippen molar-refractivity contribution in [2.24, 2.45) is 5.41 Å². The van der Waals surface area contributed by atoms with Crippen molar-refractivity contribution in [1.29, 1.82) is 0 Å². The molecule has 0 radical (unpaired) electrons. The molecule has 1 aromatic carbocycles. The maximum absolute atomic E-state index is 5.50. The zero-order valence-electron chi connectivity index (χ0n) is 12.0. The van der Waals surface area contributed by atoms with Gasteiger partial charge in [0.1, 0.15) is 11.4 Å². The number of hydrogen-bond donors (Lipinski definition) is 1. The maximum atomic E-state index is 5.50. The maximum Gasteiger partial charge on any atom is 0.144 e. The van der Waals surface area contributed by atoms with E-state index in [1.807, 2.05) is 6.07 Å². The number of nitrogens with zero attached hydrogens (tertiary/aromatic N) is 1. The van der Waals surface area contributed by atoms with E-state index in [0.29, 0.717) is 5.41 Å². The van der Waals surface area contributed by atoms with E-state index in [-0.39, 0.29) is 0 Å². The van der Waals surface area contributed by atoms with Gasteiger partial charge in [0.05, 0.1) is 12.8 Å². The summed E-state index contributed by atoms with van der Waals surface area (Å²) >= 11 is 0. The molecule has 1 N–H and O–H groups in total. The molecule has 0 saturated heterocycles. The van der Waals surface area contributed by atoms with E-state index in [0.717, 1.165) is 24.5 Å². The van der Waals surface area contributed by atoms with Gasteiger partial charge in [-0.3, -0.25) is 0 Å². The van der Waals surface area contributed by atoms with Crippen LogP contribution in [0.15, 0.2) is 18.2 Å². The Bertz CT molecular complexity index is 452. The molecule has 1 aliphatic heterocycles. The molecule has 0 aromatic heterocycles. The normalized spacial score (nSPS) is 21.5. The SMILES string of the molecule is COc1cccc2c1NCC1(CCCCC1)CN2C. The van der Waals surface area contributed by atoms with E-state index >= 15 is 0 Å². The number of ether oxygens (including phenoxy) is 1. The summed E-state index contributed by atoms with van der Waals surface area (Å²) < 4.78 is 5.50. The second-order valence-corrected chi connectivity index (χ2v) is 6.12. The van der Waals surface area contributed by atoms with Crippen LogP contribution in [0.5, 0.6) is 5.75 Å². The average molecular weight is 260 g/mol. The molecule has 19 heavy (non-hydrogen) atoms. The molecule has 1 saturated carbocycles. The lowest BCUT2D eigenvalue weighted by atomic mass is 9.74.